The van der Waals surface area contributed by atoms with E-state index in [0.717, 1.165) is 5.56 Å². The lowest BCUT2D eigenvalue weighted by molar-refractivity contribution is -0.135. The number of aliphatic hydroxyl groups is 1. The number of ether oxygens (including phenoxy) is 1. The van der Waals surface area contributed by atoms with Crippen LogP contribution in [0, 0.1) is 0 Å². The van der Waals surface area contributed by atoms with Crippen molar-refractivity contribution < 1.29 is 29.0 Å². The van der Waals surface area contributed by atoms with Crippen molar-refractivity contribution in [1.29, 1.82) is 0 Å². The molecule has 9 heteroatoms. The van der Waals surface area contributed by atoms with Gasteiger partial charge in [-0.2, -0.15) is 0 Å². The van der Waals surface area contributed by atoms with Crippen LogP contribution in [0.15, 0.2) is 30.3 Å². The molecule has 0 bridgehead atoms. The van der Waals surface area contributed by atoms with Gasteiger partial charge in [-0.3, -0.25) is 19.2 Å². The topological polar surface area (TPSA) is 137 Å². The Labute approximate surface area is 174 Å². The number of ketones is 1. The van der Waals surface area contributed by atoms with Gasteiger partial charge in [0, 0.05) is 6.42 Å². The maximum atomic E-state index is 12.8. The summed E-state index contributed by atoms with van der Waals surface area (Å²) in [6, 6.07) is 6.37. The van der Waals surface area contributed by atoms with Crippen LogP contribution in [0.2, 0.25) is 0 Å². The van der Waals surface area contributed by atoms with Crippen molar-refractivity contribution in [2.75, 3.05) is 13.2 Å². The van der Waals surface area contributed by atoms with Crippen molar-refractivity contribution in [2.24, 2.45) is 0 Å². The molecule has 9 nitrogen and oxygen atoms in total. The van der Waals surface area contributed by atoms with Gasteiger partial charge >= 0.3 is 0 Å². The summed E-state index contributed by atoms with van der Waals surface area (Å²) in [5, 5.41) is 17.3. The summed E-state index contributed by atoms with van der Waals surface area (Å²) in [6.07, 6.45) is 1.65. The van der Waals surface area contributed by atoms with Crippen molar-refractivity contribution in [3.63, 3.8) is 0 Å². The molecule has 0 aliphatic carbocycles. The summed E-state index contributed by atoms with van der Waals surface area (Å²) in [5.74, 6) is -1.70. The molecule has 0 saturated carbocycles. The predicted molar refractivity (Wildman–Crippen MR) is 106 cm³/mol. The third-order valence-electron chi connectivity index (χ3n) is 5.38. The SMILES string of the molecule is C[C@]1(C(=O)[C@H](Cc2ccccc2)NC(=O)[C@H](CO)NC(=O)C2CCCC(=O)N2)CO1. The van der Waals surface area contributed by atoms with Crippen molar-refractivity contribution in [2.45, 2.75) is 56.3 Å². The van der Waals surface area contributed by atoms with Gasteiger partial charge < -0.3 is 25.8 Å². The molecular formula is C21H27N3O6. The van der Waals surface area contributed by atoms with Gasteiger partial charge in [-0.05, 0) is 31.7 Å². The first-order valence-corrected chi connectivity index (χ1v) is 10.1. The highest BCUT2D eigenvalue weighted by Gasteiger charge is 2.50. The van der Waals surface area contributed by atoms with Crippen LogP contribution in [0.4, 0.5) is 0 Å². The number of hydrogen-bond acceptors (Lipinski definition) is 6. The van der Waals surface area contributed by atoms with Gasteiger partial charge in [0.15, 0.2) is 5.78 Å². The van der Waals surface area contributed by atoms with Gasteiger partial charge in [-0.25, -0.2) is 0 Å². The Morgan fingerprint density at radius 1 is 1.23 bits per heavy atom. The monoisotopic (exact) mass is 417 g/mol. The maximum absolute atomic E-state index is 12.8. The normalized spacial score (nSPS) is 24.9. The molecular weight excluding hydrogens is 390 g/mol. The molecule has 2 aliphatic heterocycles. The Kier molecular flexibility index (Phi) is 6.84. The van der Waals surface area contributed by atoms with Gasteiger partial charge in [0.05, 0.1) is 19.3 Å². The van der Waals surface area contributed by atoms with Crippen molar-refractivity contribution in [1.82, 2.24) is 16.0 Å². The number of epoxide rings is 1. The molecule has 1 aromatic rings. The Morgan fingerprint density at radius 2 is 1.93 bits per heavy atom. The number of nitrogens with one attached hydrogen (secondary N) is 3. The Bertz CT molecular complexity index is 808. The second-order valence-corrected chi connectivity index (χ2v) is 7.89. The first-order valence-electron chi connectivity index (χ1n) is 10.1. The fourth-order valence-corrected chi connectivity index (χ4v) is 3.42. The standard InChI is InChI=1S/C21H27N3O6/c1-21(12-30-21)18(27)15(10-13-6-3-2-4-7-13)23-20(29)16(11-25)24-19(28)14-8-5-9-17(26)22-14/h2-4,6-7,14-16,25H,5,8-12H2,1H3,(H,22,26)(H,23,29)(H,24,28)/t14?,15-,16-,21+/m0/s1. The fourth-order valence-electron chi connectivity index (χ4n) is 3.42. The number of amides is 3. The van der Waals surface area contributed by atoms with Crippen LogP contribution >= 0.6 is 0 Å². The minimum atomic E-state index is -1.24. The lowest BCUT2D eigenvalue weighted by Crippen LogP contribution is -2.58. The number of carbonyl (C=O) groups is 4. The number of aliphatic hydroxyl groups excluding tert-OH is 1. The van der Waals surface area contributed by atoms with E-state index >= 15 is 0 Å². The van der Waals surface area contributed by atoms with Crippen LogP contribution in [0.1, 0.15) is 31.7 Å². The Hall–Kier alpha value is -2.78. The highest BCUT2D eigenvalue weighted by atomic mass is 16.6. The lowest BCUT2D eigenvalue weighted by atomic mass is 9.94. The summed E-state index contributed by atoms with van der Waals surface area (Å²) in [7, 11) is 0. The summed E-state index contributed by atoms with van der Waals surface area (Å²) >= 11 is 0. The van der Waals surface area contributed by atoms with Crippen molar-refractivity contribution >= 4 is 23.5 Å². The molecule has 4 N–H and O–H groups in total. The first kappa shape index (κ1) is 21.9. The molecule has 1 unspecified atom stereocenters. The van der Waals surface area contributed by atoms with Gasteiger partial charge in [-0.1, -0.05) is 30.3 Å². The largest absolute Gasteiger partial charge is 0.394 e. The molecule has 2 heterocycles. The molecule has 2 fully saturated rings. The van der Waals surface area contributed by atoms with Crippen molar-refractivity contribution in [3.8, 4) is 0 Å². The average Bonchev–Trinajstić information content (AvgIpc) is 3.50. The average molecular weight is 417 g/mol. The number of hydrogen-bond donors (Lipinski definition) is 4. The summed E-state index contributed by atoms with van der Waals surface area (Å²) in [5.41, 5.74) is -0.0771. The van der Waals surface area contributed by atoms with Crippen LogP contribution < -0.4 is 16.0 Å². The smallest absolute Gasteiger partial charge is 0.245 e. The number of benzene rings is 1. The van der Waals surface area contributed by atoms with Crippen LogP contribution in [-0.2, 0) is 30.3 Å². The zero-order valence-electron chi connectivity index (χ0n) is 16.8. The van der Waals surface area contributed by atoms with E-state index < -0.39 is 42.1 Å². The third-order valence-corrected chi connectivity index (χ3v) is 5.38. The van der Waals surface area contributed by atoms with E-state index in [0.29, 0.717) is 19.3 Å². The molecule has 2 saturated heterocycles. The Morgan fingerprint density at radius 3 is 2.53 bits per heavy atom. The quantitative estimate of drug-likeness (QED) is 0.389. The zero-order chi connectivity index (χ0) is 21.7. The van der Waals surface area contributed by atoms with E-state index in [-0.39, 0.29) is 24.7 Å². The zero-order valence-corrected chi connectivity index (χ0v) is 16.8. The molecule has 3 rings (SSSR count). The van der Waals surface area contributed by atoms with E-state index in [9.17, 15) is 24.3 Å². The van der Waals surface area contributed by atoms with Crippen LogP contribution in [0.5, 0.6) is 0 Å². The number of carbonyl (C=O) groups excluding carboxylic acids is 4. The van der Waals surface area contributed by atoms with Gasteiger partial charge in [0.25, 0.3) is 0 Å². The van der Waals surface area contributed by atoms with Crippen molar-refractivity contribution in [3.05, 3.63) is 35.9 Å². The van der Waals surface area contributed by atoms with E-state index in [1.165, 1.54) is 0 Å². The summed E-state index contributed by atoms with van der Waals surface area (Å²) in [4.78, 5) is 49.5. The molecule has 4 atom stereocenters. The minimum absolute atomic E-state index is 0.224. The second-order valence-electron chi connectivity index (χ2n) is 7.89. The predicted octanol–water partition coefficient (Wildman–Crippen LogP) is -0.782. The van der Waals surface area contributed by atoms with E-state index in [2.05, 4.69) is 16.0 Å². The summed E-state index contributed by atoms with van der Waals surface area (Å²) < 4.78 is 5.24. The van der Waals surface area contributed by atoms with Crippen LogP contribution in [0.25, 0.3) is 0 Å². The number of Topliss-reactive ketones (excluding diaryl/α,β-unsaturated/α-hetero) is 1. The molecule has 0 radical (unpaired) electrons. The molecule has 0 spiro atoms. The lowest BCUT2D eigenvalue weighted by Gasteiger charge is -2.26. The maximum Gasteiger partial charge on any atom is 0.245 e. The molecule has 2 aliphatic rings. The molecule has 0 aromatic heterocycles. The van der Waals surface area contributed by atoms with Gasteiger partial charge in [0.1, 0.15) is 17.7 Å². The van der Waals surface area contributed by atoms with Crippen LogP contribution in [0.3, 0.4) is 0 Å². The number of rotatable bonds is 9. The highest BCUT2D eigenvalue weighted by molar-refractivity contribution is 5.98. The molecule has 3 amide bonds. The molecule has 162 valence electrons. The number of piperidine rings is 1. The fraction of sp³-hybridized carbons (Fsp3) is 0.524. The van der Waals surface area contributed by atoms with E-state index in [4.69, 9.17) is 4.74 Å². The molecule has 30 heavy (non-hydrogen) atoms. The second kappa shape index (κ2) is 9.36. The van der Waals surface area contributed by atoms with Gasteiger partial charge in [0.2, 0.25) is 17.7 Å². The van der Waals surface area contributed by atoms with Gasteiger partial charge in [-0.15, -0.1) is 0 Å². The van der Waals surface area contributed by atoms with Crippen LogP contribution in [-0.4, -0.2) is 65.6 Å². The minimum Gasteiger partial charge on any atom is -0.394 e. The van der Waals surface area contributed by atoms with E-state index in [1.54, 1.807) is 6.92 Å². The highest BCUT2D eigenvalue weighted by Crippen LogP contribution is 2.29. The first-order chi connectivity index (χ1) is 14.3. The van der Waals surface area contributed by atoms with E-state index in [1.807, 2.05) is 30.3 Å². The summed E-state index contributed by atoms with van der Waals surface area (Å²) in [6.45, 7) is 1.31. The Balaban J connectivity index is 1.65. The third kappa shape index (κ3) is 5.43. The molecule has 1 aromatic carbocycles.